The van der Waals surface area contributed by atoms with E-state index in [4.69, 9.17) is 4.74 Å². The van der Waals surface area contributed by atoms with E-state index < -0.39 is 6.03 Å². The summed E-state index contributed by atoms with van der Waals surface area (Å²) in [6, 6.07) is 3.13. The third-order valence-corrected chi connectivity index (χ3v) is 3.58. The number of urea groups is 1. The largest absolute Gasteiger partial charge is 0.481 e. The van der Waals surface area contributed by atoms with E-state index >= 15 is 0 Å². The molecule has 1 aliphatic carbocycles. The average Bonchev–Trinajstić information content (AvgIpc) is 2.55. The molecule has 7 heteroatoms. The molecule has 1 saturated carbocycles. The number of hydrogen-bond acceptors (Lipinski definition) is 4. The number of methoxy groups -OCH3 is 1. The van der Waals surface area contributed by atoms with Crippen LogP contribution in [0, 0.1) is 0 Å². The highest BCUT2D eigenvalue weighted by molar-refractivity contribution is 5.92. The Morgan fingerprint density at radius 1 is 1.27 bits per heavy atom. The highest BCUT2D eigenvalue weighted by atomic mass is 16.5. The van der Waals surface area contributed by atoms with Crippen LogP contribution in [0.4, 0.5) is 10.5 Å². The second kappa shape index (κ2) is 8.21. The smallest absolute Gasteiger partial charge is 0.319 e. The second-order valence-corrected chi connectivity index (χ2v) is 5.30. The first-order valence-electron chi connectivity index (χ1n) is 7.51. The molecule has 1 aliphatic rings. The lowest BCUT2D eigenvalue weighted by atomic mass is 9.95. The number of amides is 3. The number of pyridine rings is 1. The fraction of sp³-hybridized carbons (Fsp3) is 0.533. The van der Waals surface area contributed by atoms with Crippen LogP contribution in [0.2, 0.25) is 0 Å². The van der Waals surface area contributed by atoms with Crippen LogP contribution in [0.25, 0.3) is 0 Å². The number of carbonyl (C=O) groups is 2. The first kappa shape index (κ1) is 16.1. The Kier molecular flexibility index (Phi) is 6.00. The Bertz CT molecular complexity index is 498. The van der Waals surface area contributed by atoms with Crippen LogP contribution in [0.15, 0.2) is 18.3 Å². The number of nitrogens with one attached hydrogen (secondary N) is 3. The molecule has 0 aromatic carbocycles. The Morgan fingerprint density at radius 2 is 2.05 bits per heavy atom. The fourth-order valence-corrected chi connectivity index (χ4v) is 2.44. The molecular formula is C15H22N4O3. The summed E-state index contributed by atoms with van der Waals surface area (Å²) < 4.78 is 4.93. The molecule has 120 valence electrons. The maximum atomic E-state index is 11.8. The molecule has 0 spiro atoms. The highest BCUT2D eigenvalue weighted by Crippen LogP contribution is 2.17. The van der Waals surface area contributed by atoms with Crippen molar-refractivity contribution in [3.05, 3.63) is 18.3 Å². The Balaban J connectivity index is 1.68. The number of rotatable bonds is 5. The van der Waals surface area contributed by atoms with Gasteiger partial charge in [0.1, 0.15) is 0 Å². The summed E-state index contributed by atoms with van der Waals surface area (Å²) in [5.74, 6) is 0.313. The van der Waals surface area contributed by atoms with Crippen molar-refractivity contribution in [3.63, 3.8) is 0 Å². The lowest BCUT2D eigenvalue weighted by Crippen LogP contribution is -2.43. The first-order valence-corrected chi connectivity index (χ1v) is 7.51. The number of aromatic nitrogens is 1. The quantitative estimate of drug-likeness (QED) is 0.771. The van der Waals surface area contributed by atoms with E-state index in [2.05, 4.69) is 20.9 Å². The minimum atomic E-state index is -0.439. The molecular weight excluding hydrogens is 284 g/mol. The van der Waals surface area contributed by atoms with Gasteiger partial charge in [0, 0.05) is 12.1 Å². The zero-order chi connectivity index (χ0) is 15.8. The molecule has 2 rings (SSSR count). The molecule has 0 bridgehead atoms. The Hall–Kier alpha value is -2.31. The minimum absolute atomic E-state index is 0.0358. The highest BCUT2D eigenvalue weighted by Gasteiger charge is 2.15. The summed E-state index contributed by atoms with van der Waals surface area (Å²) in [5.41, 5.74) is 0.533. The summed E-state index contributed by atoms with van der Waals surface area (Å²) in [4.78, 5) is 27.5. The lowest BCUT2D eigenvalue weighted by Gasteiger charge is -2.22. The van der Waals surface area contributed by atoms with Crippen molar-refractivity contribution in [2.24, 2.45) is 0 Å². The van der Waals surface area contributed by atoms with E-state index in [0.717, 1.165) is 25.7 Å². The topological polar surface area (TPSA) is 92.4 Å². The van der Waals surface area contributed by atoms with Gasteiger partial charge in [0.05, 0.1) is 25.5 Å². The van der Waals surface area contributed by atoms with Gasteiger partial charge in [-0.25, -0.2) is 9.78 Å². The molecule has 3 amide bonds. The molecule has 0 unspecified atom stereocenters. The summed E-state index contributed by atoms with van der Waals surface area (Å²) in [7, 11) is 1.52. The van der Waals surface area contributed by atoms with Gasteiger partial charge in [-0.1, -0.05) is 19.3 Å². The number of ether oxygens (including phenoxy) is 1. The van der Waals surface area contributed by atoms with E-state index in [1.165, 1.54) is 19.7 Å². The minimum Gasteiger partial charge on any atom is -0.481 e. The van der Waals surface area contributed by atoms with Crippen molar-refractivity contribution in [2.75, 3.05) is 19.0 Å². The van der Waals surface area contributed by atoms with Gasteiger partial charge in [-0.3, -0.25) is 4.79 Å². The Labute approximate surface area is 129 Å². The van der Waals surface area contributed by atoms with Crippen molar-refractivity contribution in [1.29, 1.82) is 0 Å². The predicted molar refractivity (Wildman–Crippen MR) is 82.8 cm³/mol. The van der Waals surface area contributed by atoms with Crippen molar-refractivity contribution in [3.8, 4) is 5.88 Å². The third-order valence-electron chi connectivity index (χ3n) is 3.58. The lowest BCUT2D eigenvalue weighted by molar-refractivity contribution is -0.120. The maximum Gasteiger partial charge on any atom is 0.319 e. The van der Waals surface area contributed by atoms with Crippen molar-refractivity contribution < 1.29 is 14.3 Å². The first-order chi connectivity index (χ1) is 10.7. The Morgan fingerprint density at radius 3 is 2.68 bits per heavy atom. The molecule has 0 atom stereocenters. The van der Waals surface area contributed by atoms with Crippen LogP contribution < -0.4 is 20.7 Å². The molecule has 0 saturated heterocycles. The zero-order valence-corrected chi connectivity index (χ0v) is 12.7. The van der Waals surface area contributed by atoms with Gasteiger partial charge in [-0.2, -0.15) is 0 Å². The molecule has 3 N–H and O–H groups in total. The summed E-state index contributed by atoms with van der Waals surface area (Å²) in [6.07, 6.45) is 7.08. The third kappa shape index (κ3) is 5.23. The van der Waals surface area contributed by atoms with Crippen LogP contribution in [-0.4, -0.2) is 36.6 Å². The van der Waals surface area contributed by atoms with Crippen LogP contribution >= 0.6 is 0 Å². The van der Waals surface area contributed by atoms with Gasteiger partial charge >= 0.3 is 6.03 Å². The molecule has 1 fully saturated rings. The van der Waals surface area contributed by atoms with Crippen LogP contribution in [0.1, 0.15) is 32.1 Å². The van der Waals surface area contributed by atoms with E-state index in [0.29, 0.717) is 11.6 Å². The summed E-state index contributed by atoms with van der Waals surface area (Å²) >= 11 is 0. The van der Waals surface area contributed by atoms with Gasteiger partial charge in [0.2, 0.25) is 11.8 Å². The number of nitrogens with zero attached hydrogens (tertiary/aromatic N) is 1. The number of hydrogen-bond donors (Lipinski definition) is 3. The van der Waals surface area contributed by atoms with Gasteiger partial charge in [-0.15, -0.1) is 0 Å². The second-order valence-electron chi connectivity index (χ2n) is 5.30. The van der Waals surface area contributed by atoms with Crippen LogP contribution in [-0.2, 0) is 4.79 Å². The molecule has 7 nitrogen and oxygen atoms in total. The van der Waals surface area contributed by atoms with E-state index in [1.54, 1.807) is 12.1 Å². The fourth-order valence-electron chi connectivity index (χ4n) is 2.44. The molecule has 0 aliphatic heterocycles. The SMILES string of the molecule is COc1ccc(NC(=O)NCC(=O)NC2CCCCC2)cn1. The van der Waals surface area contributed by atoms with Gasteiger partial charge < -0.3 is 20.7 Å². The van der Waals surface area contributed by atoms with Crippen LogP contribution in [0.5, 0.6) is 5.88 Å². The van der Waals surface area contributed by atoms with Crippen LogP contribution in [0.3, 0.4) is 0 Å². The normalized spacial score (nSPS) is 15.0. The molecule has 0 radical (unpaired) electrons. The summed E-state index contributed by atoms with van der Waals surface area (Å²) in [6.45, 7) is -0.0358. The molecule has 1 heterocycles. The predicted octanol–water partition coefficient (Wildman–Crippen LogP) is 1.66. The van der Waals surface area contributed by atoms with Crippen molar-refractivity contribution >= 4 is 17.6 Å². The maximum absolute atomic E-state index is 11.8. The molecule has 1 aromatic rings. The van der Waals surface area contributed by atoms with Crippen molar-refractivity contribution in [1.82, 2.24) is 15.6 Å². The van der Waals surface area contributed by atoms with Crippen molar-refractivity contribution in [2.45, 2.75) is 38.1 Å². The van der Waals surface area contributed by atoms with Gasteiger partial charge in [-0.05, 0) is 18.9 Å². The van der Waals surface area contributed by atoms with Gasteiger partial charge in [0.25, 0.3) is 0 Å². The van der Waals surface area contributed by atoms with E-state index in [9.17, 15) is 9.59 Å². The van der Waals surface area contributed by atoms with E-state index in [1.807, 2.05) is 0 Å². The summed E-state index contributed by atoms with van der Waals surface area (Å²) in [5, 5.41) is 8.07. The number of carbonyl (C=O) groups excluding carboxylic acids is 2. The zero-order valence-electron chi connectivity index (χ0n) is 12.7. The van der Waals surface area contributed by atoms with Gasteiger partial charge in [0.15, 0.2) is 0 Å². The molecule has 1 aromatic heterocycles. The number of anilines is 1. The standard InChI is InChI=1S/C15H22N4O3/c1-22-14-8-7-12(9-16-14)19-15(21)17-10-13(20)18-11-5-3-2-4-6-11/h7-9,11H,2-6,10H2,1H3,(H,18,20)(H2,17,19,21). The molecule has 22 heavy (non-hydrogen) atoms. The monoisotopic (exact) mass is 306 g/mol. The average molecular weight is 306 g/mol. The van der Waals surface area contributed by atoms with E-state index in [-0.39, 0.29) is 18.5 Å².